The first-order valence-corrected chi connectivity index (χ1v) is 6.08. The summed E-state index contributed by atoms with van der Waals surface area (Å²) in [5.74, 6) is 0.0103. The van der Waals surface area contributed by atoms with Crippen LogP contribution in [-0.2, 0) is 11.3 Å². The quantitative estimate of drug-likeness (QED) is 0.928. The molecule has 102 valence electrons. The Morgan fingerprint density at radius 3 is 2.28 bits per heavy atom. The van der Waals surface area contributed by atoms with Gasteiger partial charge in [0, 0.05) is 36.1 Å². The smallest absolute Gasteiger partial charge is 0.224 e. The lowest BCUT2D eigenvalue weighted by Crippen LogP contribution is -2.31. The van der Waals surface area contributed by atoms with Gasteiger partial charge in [-0.15, -0.1) is 12.4 Å². The summed E-state index contributed by atoms with van der Waals surface area (Å²) in [5, 5.41) is 1.14. The van der Waals surface area contributed by atoms with E-state index in [4.69, 9.17) is 28.9 Å². The molecular formula is C12H17Cl3N2O. The summed E-state index contributed by atoms with van der Waals surface area (Å²) in [4.78, 5) is 13.3. The van der Waals surface area contributed by atoms with Crippen LogP contribution in [0.15, 0.2) is 18.2 Å². The highest BCUT2D eigenvalue weighted by Gasteiger charge is 2.11. The molecule has 0 saturated carbocycles. The van der Waals surface area contributed by atoms with Gasteiger partial charge >= 0.3 is 0 Å². The molecule has 0 fully saturated rings. The third-order valence-corrected chi connectivity index (χ3v) is 2.70. The molecule has 18 heavy (non-hydrogen) atoms. The molecule has 6 heteroatoms. The number of benzene rings is 1. The second-order valence-corrected chi connectivity index (χ2v) is 5.08. The molecule has 0 aliphatic carbocycles. The molecule has 1 aromatic rings. The Morgan fingerprint density at radius 1 is 1.33 bits per heavy atom. The Bertz CT molecular complexity index is 390. The van der Waals surface area contributed by atoms with Crippen LogP contribution in [0.1, 0.15) is 18.9 Å². The van der Waals surface area contributed by atoms with Crippen LogP contribution in [0, 0.1) is 0 Å². The van der Waals surface area contributed by atoms with Gasteiger partial charge in [-0.1, -0.05) is 23.2 Å². The molecule has 0 heterocycles. The zero-order valence-corrected chi connectivity index (χ0v) is 12.6. The Hall–Kier alpha value is -0.480. The lowest BCUT2D eigenvalue weighted by Gasteiger charge is -2.18. The average molecular weight is 312 g/mol. The van der Waals surface area contributed by atoms with E-state index in [9.17, 15) is 4.79 Å². The van der Waals surface area contributed by atoms with Gasteiger partial charge in [0.15, 0.2) is 0 Å². The molecule has 1 rings (SSSR count). The molecule has 0 aliphatic rings. The van der Waals surface area contributed by atoms with Crippen molar-refractivity contribution in [3.8, 4) is 0 Å². The van der Waals surface area contributed by atoms with Crippen LogP contribution in [-0.4, -0.2) is 23.9 Å². The molecule has 0 aliphatic heterocycles. The number of rotatable bonds is 4. The van der Waals surface area contributed by atoms with Crippen molar-refractivity contribution in [2.24, 2.45) is 5.73 Å². The zero-order chi connectivity index (χ0) is 13.0. The van der Waals surface area contributed by atoms with Crippen molar-refractivity contribution in [2.45, 2.75) is 25.9 Å². The Kier molecular flexibility index (Phi) is 7.64. The van der Waals surface area contributed by atoms with E-state index in [1.54, 1.807) is 30.1 Å². The topological polar surface area (TPSA) is 46.3 Å². The summed E-state index contributed by atoms with van der Waals surface area (Å²) in [6.07, 6.45) is 0.338. The molecular weight excluding hydrogens is 295 g/mol. The van der Waals surface area contributed by atoms with E-state index in [0.717, 1.165) is 5.56 Å². The fourth-order valence-corrected chi connectivity index (χ4v) is 2.07. The number of hydrogen-bond donors (Lipinski definition) is 1. The largest absolute Gasteiger partial charge is 0.341 e. The number of amides is 1. The molecule has 1 unspecified atom stereocenters. The maximum atomic E-state index is 11.7. The van der Waals surface area contributed by atoms with Crippen LogP contribution in [0.25, 0.3) is 0 Å². The predicted molar refractivity (Wildman–Crippen MR) is 78.5 cm³/mol. The van der Waals surface area contributed by atoms with Crippen molar-refractivity contribution in [1.29, 1.82) is 0 Å². The minimum Gasteiger partial charge on any atom is -0.341 e. The molecule has 1 atom stereocenters. The molecule has 1 amide bonds. The minimum atomic E-state index is -0.132. The highest BCUT2D eigenvalue weighted by molar-refractivity contribution is 6.34. The molecule has 0 spiro atoms. The van der Waals surface area contributed by atoms with Gasteiger partial charge in [0.05, 0.1) is 0 Å². The van der Waals surface area contributed by atoms with Crippen LogP contribution in [0.3, 0.4) is 0 Å². The molecule has 2 N–H and O–H groups in total. The first-order chi connectivity index (χ1) is 7.88. The lowest BCUT2D eigenvalue weighted by atomic mass is 10.2. The van der Waals surface area contributed by atoms with E-state index < -0.39 is 0 Å². The molecule has 3 nitrogen and oxygen atoms in total. The fourth-order valence-electron chi connectivity index (χ4n) is 1.50. The standard InChI is InChI=1S/C12H16Cl2N2O.ClH/c1-8(15)3-12(17)16(2)7-9-4-10(13)6-11(14)5-9;/h4-6,8H,3,7,15H2,1-2H3;1H. The lowest BCUT2D eigenvalue weighted by molar-refractivity contribution is -0.130. The van der Waals surface area contributed by atoms with E-state index in [0.29, 0.717) is 23.0 Å². The molecule has 0 aromatic heterocycles. The zero-order valence-electron chi connectivity index (χ0n) is 10.3. The van der Waals surface area contributed by atoms with Gasteiger partial charge in [-0.3, -0.25) is 4.79 Å². The SMILES string of the molecule is CC(N)CC(=O)N(C)Cc1cc(Cl)cc(Cl)c1.Cl. The van der Waals surface area contributed by atoms with Crippen molar-refractivity contribution in [3.63, 3.8) is 0 Å². The van der Waals surface area contributed by atoms with E-state index in [1.165, 1.54) is 0 Å². The van der Waals surface area contributed by atoms with Crippen LogP contribution in [0.4, 0.5) is 0 Å². The molecule has 0 saturated heterocycles. The number of nitrogens with zero attached hydrogens (tertiary/aromatic N) is 1. The van der Waals surface area contributed by atoms with Crippen molar-refractivity contribution < 1.29 is 4.79 Å². The first kappa shape index (κ1) is 17.5. The third-order valence-electron chi connectivity index (χ3n) is 2.26. The van der Waals surface area contributed by atoms with Crippen LogP contribution in [0.5, 0.6) is 0 Å². The van der Waals surface area contributed by atoms with Gasteiger partial charge in [0.25, 0.3) is 0 Å². The van der Waals surface area contributed by atoms with Gasteiger partial charge < -0.3 is 10.6 Å². The summed E-state index contributed by atoms with van der Waals surface area (Å²) >= 11 is 11.8. The van der Waals surface area contributed by atoms with E-state index in [1.807, 2.05) is 6.92 Å². The number of carbonyl (C=O) groups excluding carboxylic acids is 1. The highest BCUT2D eigenvalue weighted by Crippen LogP contribution is 2.20. The van der Waals surface area contributed by atoms with E-state index in [2.05, 4.69) is 0 Å². The summed E-state index contributed by atoms with van der Waals surface area (Å²) in [6, 6.07) is 5.12. The van der Waals surface area contributed by atoms with Crippen LogP contribution in [0.2, 0.25) is 10.0 Å². The summed E-state index contributed by atoms with van der Waals surface area (Å²) in [6.45, 7) is 2.29. The van der Waals surface area contributed by atoms with Gasteiger partial charge in [-0.05, 0) is 30.7 Å². The fraction of sp³-hybridized carbons (Fsp3) is 0.417. The minimum absolute atomic E-state index is 0. The van der Waals surface area contributed by atoms with Gasteiger partial charge in [-0.25, -0.2) is 0 Å². The number of halogens is 3. The van der Waals surface area contributed by atoms with Gasteiger partial charge in [0.1, 0.15) is 0 Å². The van der Waals surface area contributed by atoms with Crippen molar-refractivity contribution in [3.05, 3.63) is 33.8 Å². The first-order valence-electron chi connectivity index (χ1n) is 5.33. The predicted octanol–water partition coefficient (Wildman–Crippen LogP) is 3.11. The Balaban J connectivity index is 0.00000289. The van der Waals surface area contributed by atoms with Gasteiger partial charge in [0.2, 0.25) is 5.91 Å². The number of nitrogens with two attached hydrogens (primary N) is 1. The van der Waals surface area contributed by atoms with Crippen molar-refractivity contribution >= 4 is 41.5 Å². The summed E-state index contributed by atoms with van der Waals surface area (Å²) in [7, 11) is 1.74. The van der Waals surface area contributed by atoms with Crippen molar-refractivity contribution in [1.82, 2.24) is 4.90 Å². The van der Waals surface area contributed by atoms with Crippen LogP contribution < -0.4 is 5.73 Å². The second kappa shape index (κ2) is 7.85. The Labute approximate surface area is 124 Å². The van der Waals surface area contributed by atoms with Crippen molar-refractivity contribution in [2.75, 3.05) is 7.05 Å². The molecule has 1 aromatic carbocycles. The highest BCUT2D eigenvalue weighted by atomic mass is 35.5. The Morgan fingerprint density at radius 2 is 1.83 bits per heavy atom. The van der Waals surface area contributed by atoms with Gasteiger partial charge in [-0.2, -0.15) is 0 Å². The number of carbonyl (C=O) groups is 1. The summed E-state index contributed by atoms with van der Waals surface area (Å²) < 4.78 is 0. The maximum absolute atomic E-state index is 11.7. The monoisotopic (exact) mass is 310 g/mol. The normalized spacial score (nSPS) is 11.6. The maximum Gasteiger partial charge on any atom is 0.224 e. The molecule has 0 bridgehead atoms. The third kappa shape index (κ3) is 5.91. The molecule has 0 radical (unpaired) electrons. The van der Waals surface area contributed by atoms with Crippen LogP contribution >= 0.6 is 35.6 Å². The van der Waals surface area contributed by atoms with E-state index in [-0.39, 0.29) is 24.4 Å². The average Bonchev–Trinajstić information content (AvgIpc) is 2.14. The van der Waals surface area contributed by atoms with E-state index >= 15 is 0 Å². The second-order valence-electron chi connectivity index (χ2n) is 4.21. The number of hydrogen-bond acceptors (Lipinski definition) is 2. The summed E-state index contributed by atoms with van der Waals surface area (Å²) in [5.41, 5.74) is 6.49.